The summed E-state index contributed by atoms with van der Waals surface area (Å²) in [5, 5.41) is 8.77. The number of carbonyl (C=O) groups excluding carboxylic acids is 2. The highest BCUT2D eigenvalue weighted by atomic mass is 16.5. The average molecular weight is 343 g/mol. The Balaban J connectivity index is 2.14. The van der Waals surface area contributed by atoms with Crippen LogP contribution in [0.15, 0.2) is 24.3 Å². The molecule has 2 aromatic rings. The molecule has 1 aromatic carbocycles. The zero-order valence-corrected chi connectivity index (χ0v) is 14.7. The topological polar surface area (TPSA) is 96.5 Å². The molecular formula is C19H21NO5. The summed E-state index contributed by atoms with van der Waals surface area (Å²) >= 11 is 0. The third-order valence-corrected chi connectivity index (χ3v) is 4.00. The van der Waals surface area contributed by atoms with Crippen LogP contribution in [0.5, 0.6) is 5.75 Å². The number of benzene rings is 1. The second-order valence-corrected chi connectivity index (χ2v) is 6.02. The Bertz CT molecular complexity index is 817. The van der Waals surface area contributed by atoms with Crippen LogP contribution in [0.3, 0.4) is 0 Å². The van der Waals surface area contributed by atoms with Crippen molar-refractivity contribution in [3.05, 3.63) is 52.3 Å². The van der Waals surface area contributed by atoms with Gasteiger partial charge in [0.25, 0.3) is 0 Å². The molecule has 132 valence electrons. The normalized spacial score (nSPS) is 11.8. The molecule has 0 fully saturated rings. The largest absolute Gasteiger partial charge is 0.483 e. The van der Waals surface area contributed by atoms with Gasteiger partial charge in [-0.05, 0) is 51.0 Å². The molecule has 2 rings (SSSR count). The van der Waals surface area contributed by atoms with Crippen LogP contribution in [0, 0.1) is 13.8 Å². The predicted molar refractivity (Wildman–Crippen MR) is 92.5 cm³/mol. The van der Waals surface area contributed by atoms with Gasteiger partial charge in [-0.1, -0.05) is 12.1 Å². The van der Waals surface area contributed by atoms with E-state index in [1.807, 2.05) is 0 Å². The first kappa shape index (κ1) is 18.4. The zero-order valence-electron chi connectivity index (χ0n) is 14.7. The number of Topliss-reactive ketones (excluding diaryl/α,β-unsaturated/α-hetero) is 2. The molecular weight excluding hydrogens is 322 g/mol. The van der Waals surface area contributed by atoms with E-state index in [9.17, 15) is 14.4 Å². The van der Waals surface area contributed by atoms with E-state index in [1.165, 1.54) is 6.92 Å². The van der Waals surface area contributed by atoms with Gasteiger partial charge in [0, 0.05) is 11.3 Å². The van der Waals surface area contributed by atoms with Crippen molar-refractivity contribution in [2.24, 2.45) is 0 Å². The van der Waals surface area contributed by atoms with Crippen molar-refractivity contribution in [2.45, 2.75) is 40.2 Å². The molecule has 0 aliphatic heterocycles. The van der Waals surface area contributed by atoms with E-state index in [4.69, 9.17) is 9.84 Å². The molecule has 25 heavy (non-hydrogen) atoms. The maximum atomic E-state index is 12.6. The van der Waals surface area contributed by atoms with Gasteiger partial charge in [-0.2, -0.15) is 0 Å². The first-order chi connectivity index (χ1) is 11.7. The van der Waals surface area contributed by atoms with Crippen LogP contribution in [0.2, 0.25) is 0 Å². The average Bonchev–Trinajstić information content (AvgIpc) is 2.82. The summed E-state index contributed by atoms with van der Waals surface area (Å²) in [5.41, 5.74) is 2.85. The summed E-state index contributed by atoms with van der Waals surface area (Å²) in [7, 11) is 0. The van der Waals surface area contributed by atoms with Gasteiger partial charge in [-0.15, -0.1) is 0 Å². The number of carbonyl (C=O) groups is 3. The highest BCUT2D eigenvalue weighted by molar-refractivity contribution is 6.04. The monoisotopic (exact) mass is 343 g/mol. The van der Waals surface area contributed by atoms with Crippen molar-refractivity contribution in [2.75, 3.05) is 0 Å². The first-order valence-corrected chi connectivity index (χ1v) is 7.92. The van der Waals surface area contributed by atoms with E-state index in [2.05, 4.69) is 4.98 Å². The van der Waals surface area contributed by atoms with E-state index in [0.29, 0.717) is 33.8 Å². The minimum Gasteiger partial charge on any atom is -0.483 e. The molecule has 0 spiro atoms. The summed E-state index contributed by atoms with van der Waals surface area (Å²) in [6.07, 6.45) is -0.814. The fourth-order valence-corrected chi connectivity index (χ4v) is 2.85. The number of hydrogen-bond acceptors (Lipinski definition) is 4. The van der Waals surface area contributed by atoms with Crippen molar-refractivity contribution in [3.8, 4) is 5.75 Å². The number of rotatable bonds is 7. The number of hydrogen-bond donors (Lipinski definition) is 2. The molecule has 0 saturated carbocycles. The van der Waals surface area contributed by atoms with Gasteiger partial charge in [0.15, 0.2) is 11.9 Å². The third-order valence-electron chi connectivity index (χ3n) is 4.00. The molecule has 1 heterocycles. The fraction of sp³-hybridized carbons (Fsp3) is 0.316. The first-order valence-electron chi connectivity index (χ1n) is 7.92. The lowest BCUT2D eigenvalue weighted by Crippen LogP contribution is -2.25. The van der Waals surface area contributed by atoms with Crippen LogP contribution in [0.4, 0.5) is 0 Å². The Labute approximate surface area is 145 Å². The number of nitrogens with one attached hydrogen (secondary N) is 1. The lowest BCUT2D eigenvalue weighted by molar-refractivity contribution is -0.136. The molecule has 0 aliphatic rings. The maximum Gasteiger partial charge on any atom is 0.307 e. The van der Waals surface area contributed by atoms with Crippen LogP contribution >= 0.6 is 0 Å². The summed E-state index contributed by atoms with van der Waals surface area (Å²) in [5.74, 6) is -0.769. The number of aromatic nitrogens is 1. The maximum absolute atomic E-state index is 12.6. The molecule has 0 amide bonds. The Hall–Kier alpha value is -2.89. The summed E-state index contributed by atoms with van der Waals surface area (Å²) in [6, 6.07) is 6.57. The molecule has 0 bridgehead atoms. The Morgan fingerprint density at radius 2 is 1.76 bits per heavy atom. The molecule has 1 unspecified atom stereocenters. The van der Waals surface area contributed by atoms with Crippen LogP contribution < -0.4 is 4.74 Å². The molecule has 0 saturated heterocycles. The molecule has 2 N–H and O–H groups in total. The van der Waals surface area contributed by atoms with Crippen molar-refractivity contribution >= 4 is 17.5 Å². The molecule has 0 radical (unpaired) electrons. The third kappa shape index (κ3) is 4.15. The quantitative estimate of drug-likeness (QED) is 0.753. The number of aliphatic carboxylic acids is 1. The minimum absolute atomic E-state index is 0.0659. The summed E-state index contributed by atoms with van der Waals surface area (Å²) < 4.78 is 5.65. The number of H-pyrrole nitrogens is 1. The van der Waals surface area contributed by atoms with Gasteiger partial charge in [0.1, 0.15) is 5.75 Å². The Kier molecular flexibility index (Phi) is 5.41. The van der Waals surface area contributed by atoms with Gasteiger partial charge in [0.05, 0.1) is 12.1 Å². The Morgan fingerprint density at radius 1 is 1.16 bits per heavy atom. The highest BCUT2D eigenvalue weighted by Gasteiger charge is 2.24. The molecule has 6 heteroatoms. The zero-order chi connectivity index (χ0) is 18.7. The number of carboxylic acids is 1. The van der Waals surface area contributed by atoms with E-state index >= 15 is 0 Å². The van der Waals surface area contributed by atoms with Gasteiger partial charge in [-0.25, -0.2) is 0 Å². The molecule has 0 aliphatic carbocycles. The van der Waals surface area contributed by atoms with Crippen LogP contribution in [0.25, 0.3) is 0 Å². The highest BCUT2D eigenvalue weighted by Crippen LogP contribution is 2.21. The number of aryl methyl sites for hydroxylation is 1. The summed E-state index contributed by atoms with van der Waals surface area (Å²) in [4.78, 5) is 38.0. The van der Waals surface area contributed by atoms with Crippen molar-refractivity contribution in [1.29, 1.82) is 0 Å². The Morgan fingerprint density at radius 3 is 2.24 bits per heavy atom. The van der Waals surface area contributed by atoms with Crippen LogP contribution in [-0.4, -0.2) is 33.7 Å². The number of carboxylic acid groups (broad SMARTS) is 1. The lowest BCUT2D eigenvalue weighted by Gasteiger charge is -2.14. The smallest absolute Gasteiger partial charge is 0.307 e. The van der Waals surface area contributed by atoms with Crippen molar-refractivity contribution in [3.63, 3.8) is 0 Å². The van der Waals surface area contributed by atoms with Crippen LogP contribution in [-0.2, 0) is 11.2 Å². The van der Waals surface area contributed by atoms with Crippen molar-refractivity contribution in [1.82, 2.24) is 4.98 Å². The molecule has 1 aromatic heterocycles. The van der Waals surface area contributed by atoms with Gasteiger partial charge >= 0.3 is 5.97 Å². The van der Waals surface area contributed by atoms with E-state index in [-0.39, 0.29) is 18.0 Å². The number of ketones is 2. The number of aromatic amines is 1. The van der Waals surface area contributed by atoms with E-state index < -0.39 is 12.1 Å². The molecule has 6 nitrogen and oxygen atoms in total. The number of ether oxygens (including phenoxy) is 1. The minimum atomic E-state index is -0.906. The van der Waals surface area contributed by atoms with Crippen molar-refractivity contribution < 1.29 is 24.2 Å². The standard InChI is InChI=1S/C19H21NO5/c1-10-17(12(3)21)11(2)20-18(10)19(24)13(4)25-15-7-5-14(6-8-15)9-16(22)23/h5-8,13,20H,9H2,1-4H3,(H,22,23). The lowest BCUT2D eigenvalue weighted by atomic mass is 10.0. The van der Waals surface area contributed by atoms with Crippen LogP contribution in [0.1, 0.15) is 51.5 Å². The molecule has 1 atom stereocenters. The fourth-order valence-electron chi connectivity index (χ4n) is 2.85. The summed E-state index contributed by atoms with van der Waals surface area (Å²) in [6.45, 7) is 6.60. The van der Waals surface area contributed by atoms with Gasteiger partial charge in [0.2, 0.25) is 5.78 Å². The van der Waals surface area contributed by atoms with Gasteiger partial charge < -0.3 is 14.8 Å². The van der Waals surface area contributed by atoms with Gasteiger partial charge in [-0.3, -0.25) is 14.4 Å². The van der Waals surface area contributed by atoms with E-state index in [1.54, 1.807) is 45.0 Å². The predicted octanol–water partition coefficient (Wildman–Crippen LogP) is 3.11. The SMILES string of the molecule is CC(=O)c1c(C)[nH]c(C(=O)C(C)Oc2ccc(CC(=O)O)cc2)c1C. The van der Waals surface area contributed by atoms with E-state index in [0.717, 1.165) is 0 Å². The second-order valence-electron chi connectivity index (χ2n) is 6.02. The second kappa shape index (κ2) is 7.34.